The van der Waals surface area contributed by atoms with Crippen LogP contribution in [0.5, 0.6) is 11.5 Å². The van der Waals surface area contributed by atoms with Crippen LogP contribution in [0.25, 0.3) is 0 Å². The fourth-order valence-electron chi connectivity index (χ4n) is 3.42. The molecule has 2 amide bonds. The van der Waals surface area contributed by atoms with Crippen molar-refractivity contribution in [2.24, 2.45) is 5.10 Å². The number of benzene rings is 2. The van der Waals surface area contributed by atoms with Gasteiger partial charge in [-0.05, 0) is 47.5 Å². The number of ether oxygens (including phenoxy) is 2. The summed E-state index contributed by atoms with van der Waals surface area (Å²) in [6.07, 6.45) is 0.932. The lowest BCUT2D eigenvalue weighted by atomic mass is 9.98. The van der Waals surface area contributed by atoms with Gasteiger partial charge in [-0.1, -0.05) is 19.1 Å². The molecule has 158 valence electrons. The Morgan fingerprint density at radius 2 is 1.60 bits per heavy atom. The zero-order valence-electron chi connectivity index (χ0n) is 17.8. The van der Waals surface area contributed by atoms with E-state index in [1.165, 1.54) is 9.91 Å². The Labute approximate surface area is 176 Å². The van der Waals surface area contributed by atoms with Crippen molar-refractivity contribution in [3.63, 3.8) is 0 Å². The van der Waals surface area contributed by atoms with E-state index in [9.17, 15) is 9.59 Å². The van der Waals surface area contributed by atoms with Gasteiger partial charge >= 0.3 is 0 Å². The maximum atomic E-state index is 13.0. The average Bonchev–Trinajstić information content (AvgIpc) is 3.24. The minimum Gasteiger partial charge on any atom is -0.497 e. The van der Waals surface area contributed by atoms with Crippen molar-refractivity contribution in [3.05, 3.63) is 59.7 Å². The predicted molar refractivity (Wildman–Crippen MR) is 115 cm³/mol. The second kappa shape index (κ2) is 9.43. The van der Waals surface area contributed by atoms with E-state index in [0.29, 0.717) is 12.8 Å². The number of rotatable bonds is 7. The zero-order chi connectivity index (χ0) is 21.7. The van der Waals surface area contributed by atoms with E-state index in [1.807, 2.05) is 48.5 Å². The lowest BCUT2D eigenvalue weighted by molar-refractivity contribution is -0.140. The molecule has 0 radical (unpaired) electrons. The van der Waals surface area contributed by atoms with Crippen molar-refractivity contribution in [3.8, 4) is 11.5 Å². The number of likely N-dealkylation sites (N-methyl/N-ethyl adjacent to an activating group) is 1. The van der Waals surface area contributed by atoms with Gasteiger partial charge in [0.2, 0.25) is 5.91 Å². The fraction of sp³-hybridized carbons (Fsp3) is 0.348. The molecule has 0 bridgehead atoms. The molecule has 0 saturated heterocycles. The molecule has 3 rings (SSSR count). The number of hydrogen-bond acceptors (Lipinski definition) is 5. The van der Waals surface area contributed by atoms with E-state index in [1.54, 1.807) is 28.2 Å². The SMILES string of the molecule is CCC(=O)N(C)CC(=O)N1N=C(c2ccc(OC)cc2)CC1c1ccc(OC)cc1. The van der Waals surface area contributed by atoms with Crippen LogP contribution in [-0.2, 0) is 9.59 Å². The molecule has 2 aromatic rings. The van der Waals surface area contributed by atoms with Gasteiger partial charge in [0.05, 0.1) is 26.0 Å². The third-order valence-corrected chi connectivity index (χ3v) is 5.19. The molecule has 0 aliphatic carbocycles. The molecule has 1 heterocycles. The number of hydrazone groups is 1. The van der Waals surface area contributed by atoms with Crippen LogP contribution in [0.4, 0.5) is 0 Å². The first-order chi connectivity index (χ1) is 14.5. The van der Waals surface area contributed by atoms with E-state index in [2.05, 4.69) is 5.10 Å². The van der Waals surface area contributed by atoms with Crippen LogP contribution >= 0.6 is 0 Å². The van der Waals surface area contributed by atoms with Gasteiger partial charge in [0.15, 0.2) is 0 Å². The third-order valence-electron chi connectivity index (χ3n) is 5.19. The Hall–Kier alpha value is -3.35. The Balaban J connectivity index is 1.89. The van der Waals surface area contributed by atoms with Gasteiger partial charge < -0.3 is 14.4 Å². The Morgan fingerprint density at radius 1 is 1.03 bits per heavy atom. The predicted octanol–water partition coefficient (Wildman–Crippen LogP) is 3.25. The number of carbonyl (C=O) groups excluding carboxylic acids is 2. The molecule has 0 N–H and O–H groups in total. The first kappa shape index (κ1) is 21.4. The van der Waals surface area contributed by atoms with Crippen molar-refractivity contribution >= 4 is 17.5 Å². The van der Waals surface area contributed by atoms with Crippen LogP contribution in [0.1, 0.15) is 36.9 Å². The topological polar surface area (TPSA) is 71.4 Å². The van der Waals surface area contributed by atoms with Crippen LogP contribution in [0.3, 0.4) is 0 Å². The van der Waals surface area contributed by atoms with Crippen LogP contribution < -0.4 is 9.47 Å². The molecule has 1 unspecified atom stereocenters. The second-order valence-corrected chi connectivity index (χ2v) is 7.11. The zero-order valence-corrected chi connectivity index (χ0v) is 17.8. The summed E-state index contributed by atoms with van der Waals surface area (Å²) in [5.41, 5.74) is 2.71. The number of carbonyl (C=O) groups is 2. The maximum Gasteiger partial charge on any atom is 0.262 e. The monoisotopic (exact) mass is 409 g/mol. The molecule has 1 aliphatic heterocycles. The lowest BCUT2D eigenvalue weighted by Crippen LogP contribution is -2.38. The molecular weight excluding hydrogens is 382 g/mol. The number of amides is 2. The summed E-state index contributed by atoms with van der Waals surface area (Å²) in [6, 6.07) is 15.0. The molecular formula is C23H27N3O4. The van der Waals surface area contributed by atoms with Crippen molar-refractivity contribution in [2.45, 2.75) is 25.8 Å². The summed E-state index contributed by atoms with van der Waals surface area (Å²) < 4.78 is 10.5. The Bertz CT molecular complexity index is 922. The van der Waals surface area contributed by atoms with Gasteiger partial charge in [-0.2, -0.15) is 5.10 Å². The van der Waals surface area contributed by atoms with Crippen LogP contribution in [0, 0.1) is 0 Å². The largest absolute Gasteiger partial charge is 0.497 e. The van der Waals surface area contributed by atoms with Gasteiger partial charge in [-0.15, -0.1) is 0 Å². The molecule has 7 nitrogen and oxygen atoms in total. The normalized spacial score (nSPS) is 15.5. The first-order valence-corrected chi connectivity index (χ1v) is 9.88. The quantitative estimate of drug-likeness (QED) is 0.704. The summed E-state index contributed by atoms with van der Waals surface area (Å²) in [5.74, 6) is 1.21. The smallest absolute Gasteiger partial charge is 0.262 e. The molecule has 0 saturated carbocycles. The van der Waals surface area contributed by atoms with Crippen LogP contribution in [0.2, 0.25) is 0 Å². The molecule has 30 heavy (non-hydrogen) atoms. The van der Waals surface area contributed by atoms with Crippen LogP contribution in [0.15, 0.2) is 53.6 Å². The molecule has 2 aromatic carbocycles. The third kappa shape index (κ3) is 4.62. The van der Waals surface area contributed by atoms with Gasteiger partial charge in [0.25, 0.3) is 5.91 Å². The summed E-state index contributed by atoms with van der Waals surface area (Å²) in [7, 11) is 4.87. The molecule has 0 fully saturated rings. The molecule has 7 heteroatoms. The van der Waals surface area contributed by atoms with Gasteiger partial charge in [0.1, 0.15) is 18.0 Å². The Kier molecular flexibility index (Phi) is 6.72. The van der Waals surface area contributed by atoms with Gasteiger partial charge in [-0.3, -0.25) is 9.59 Å². The highest BCUT2D eigenvalue weighted by atomic mass is 16.5. The van der Waals surface area contributed by atoms with E-state index < -0.39 is 0 Å². The molecule has 1 aliphatic rings. The maximum absolute atomic E-state index is 13.0. The molecule has 0 spiro atoms. The van der Waals surface area contributed by atoms with E-state index >= 15 is 0 Å². The highest BCUT2D eigenvalue weighted by Gasteiger charge is 2.33. The standard InChI is InChI=1S/C23H27N3O4/c1-5-22(27)25(2)15-23(28)26-21(17-8-12-19(30-4)13-9-17)14-20(24-26)16-6-10-18(29-3)11-7-16/h6-13,21H,5,14-15H2,1-4H3. The van der Waals surface area contributed by atoms with E-state index in [4.69, 9.17) is 9.47 Å². The van der Waals surface area contributed by atoms with Crippen molar-refractivity contribution in [1.82, 2.24) is 9.91 Å². The highest BCUT2D eigenvalue weighted by molar-refractivity contribution is 6.03. The van der Waals surface area contributed by atoms with E-state index in [0.717, 1.165) is 28.3 Å². The number of nitrogens with zero attached hydrogens (tertiary/aromatic N) is 3. The number of hydrogen-bond donors (Lipinski definition) is 0. The number of methoxy groups -OCH3 is 2. The van der Waals surface area contributed by atoms with Crippen molar-refractivity contribution in [1.29, 1.82) is 0 Å². The summed E-state index contributed by atoms with van der Waals surface area (Å²) in [5, 5.41) is 6.14. The highest BCUT2D eigenvalue weighted by Crippen LogP contribution is 2.34. The van der Waals surface area contributed by atoms with Crippen molar-refractivity contribution in [2.75, 3.05) is 27.8 Å². The Morgan fingerprint density at radius 3 is 2.13 bits per heavy atom. The lowest BCUT2D eigenvalue weighted by Gasteiger charge is -2.25. The molecule has 0 aromatic heterocycles. The fourth-order valence-corrected chi connectivity index (χ4v) is 3.42. The summed E-state index contributed by atoms with van der Waals surface area (Å²) in [4.78, 5) is 26.4. The summed E-state index contributed by atoms with van der Waals surface area (Å²) >= 11 is 0. The minimum atomic E-state index is -0.245. The average molecular weight is 409 g/mol. The van der Waals surface area contributed by atoms with Gasteiger partial charge in [0, 0.05) is 19.9 Å². The van der Waals surface area contributed by atoms with Gasteiger partial charge in [-0.25, -0.2) is 5.01 Å². The summed E-state index contributed by atoms with van der Waals surface area (Å²) in [6.45, 7) is 1.76. The van der Waals surface area contributed by atoms with Crippen molar-refractivity contribution < 1.29 is 19.1 Å². The second-order valence-electron chi connectivity index (χ2n) is 7.11. The first-order valence-electron chi connectivity index (χ1n) is 9.88. The molecule has 1 atom stereocenters. The minimum absolute atomic E-state index is 0.0152. The van der Waals surface area contributed by atoms with E-state index in [-0.39, 0.29) is 24.4 Å². The van der Waals surface area contributed by atoms with Crippen LogP contribution in [-0.4, -0.2) is 55.2 Å².